The van der Waals surface area contributed by atoms with E-state index in [-0.39, 0.29) is 11.8 Å². The van der Waals surface area contributed by atoms with Crippen LogP contribution in [0.15, 0.2) is 77.6 Å². The molecule has 0 radical (unpaired) electrons. The first-order valence-electron chi connectivity index (χ1n) is 13.8. The van der Waals surface area contributed by atoms with E-state index >= 15 is 0 Å². The summed E-state index contributed by atoms with van der Waals surface area (Å²) in [5, 5.41) is 16.8. The molecule has 1 amide bonds. The Morgan fingerprint density at radius 3 is 2.45 bits per heavy atom. The van der Waals surface area contributed by atoms with Gasteiger partial charge in [0, 0.05) is 60.7 Å². The molecule has 2 aliphatic heterocycles. The number of hydrogen-bond acceptors (Lipinski definition) is 7. The fraction of sp³-hybridized carbons (Fsp3) is 0.375. The molecule has 4 aromatic rings. The minimum absolute atomic E-state index is 0.0341. The lowest BCUT2D eigenvalue weighted by Gasteiger charge is -2.55. The van der Waals surface area contributed by atoms with Gasteiger partial charge in [-0.1, -0.05) is 68.4 Å². The molecule has 6 rings (SSSR count). The molecule has 2 fully saturated rings. The zero-order valence-electron chi connectivity index (χ0n) is 23.4. The molecule has 2 atom stereocenters. The molecule has 4 heterocycles. The van der Waals surface area contributed by atoms with Crippen molar-refractivity contribution in [2.24, 2.45) is 5.41 Å². The van der Waals surface area contributed by atoms with Crippen molar-refractivity contribution in [2.75, 3.05) is 31.6 Å². The van der Waals surface area contributed by atoms with Crippen LogP contribution in [0.1, 0.15) is 61.6 Å². The summed E-state index contributed by atoms with van der Waals surface area (Å²) in [5.74, 6) is 1.07. The van der Waals surface area contributed by atoms with Crippen molar-refractivity contribution in [1.82, 2.24) is 20.0 Å². The minimum Gasteiger partial charge on any atom is -0.380 e. The predicted octanol–water partition coefficient (Wildman–Crippen LogP) is 4.96. The highest BCUT2D eigenvalue weighted by molar-refractivity contribution is 5.96. The first kappa shape index (κ1) is 26.3. The van der Waals surface area contributed by atoms with E-state index in [2.05, 4.69) is 60.0 Å². The van der Waals surface area contributed by atoms with Gasteiger partial charge in [0.05, 0.1) is 5.92 Å². The third-order valence-corrected chi connectivity index (χ3v) is 8.50. The van der Waals surface area contributed by atoms with Crippen LogP contribution in [0.5, 0.6) is 0 Å². The number of hydrogen-bond donors (Lipinski definition) is 1. The lowest BCUT2D eigenvalue weighted by atomic mass is 9.62. The van der Waals surface area contributed by atoms with Crippen LogP contribution in [0, 0.1) is 5.41 Å². The number of aromatic nitrogens is 3. The third-order valence-electron chi connectivity index (χ3n) is 8.50. The van der Waals surface area contributed by atoms with Gasteiger partial charge in [0.25, 0.3) is 0 Å². The Balaban J connectivity index is 1.31. The maximum absolute atomic E-state index is 12.7. The van der Waals surface area contributed by atoms with Gasteiger partial charge in [-0.05, 0) is 42.3 Å². The van der Waals surface area contributed by atoms with E-state index in [1.165, 1.54) is 5.56 Å². The molecular weight excluding hydrogens is 502 g/mol. The number of rotatable bonds is 7. The van der Waals surface area contributed by atoms with Gasteiger partial charge in [-0.2, -0.15) is 4.98 Å². The number of carbonyl (C=O) groups is 1. The summed E-state index contributed by atoms with van der Waals surface area (Å²) < 4.78 is 5.66. The molecule has 0 aliphatic carbocycles. The van der Waals surface area contributed by atoms with Gasteiger partial charge in [-0.15, -0.1) is 0 Å². The Morgan fingerprint density at radius 2 is 1.77 bits per heavy atom. The summed E-state index contributed by atoms with van der Waals surface area (Å²) in [5.41, 5.74) is 2.60. The minimum atomic E-state index is -1.27. The van der Waals surface area contributed by atoms with Gasteiger partial charge in [0.15, 0.2) is 0 Å². The lowest BCUT2D eigenvalue weighted by Crippen LogP contribution is -2.63. The number of benzene rings is 2. The summed E-state index contributed by atoms with van der Waals surface area (Å²) in [7, 11) is 2.06. The molecule has 8 heteroatoms. The second-order valence-corrected chi connectivity index (χ2v) is 11.9. The number of aliphatic hydroxyl groups is 1. The molecular formula is C32H35N5O3. The van der Waals surface area contributed by atoms with Crippen LogP contribution in [0.4, 0.5) is 5.69 Å². The molecule has 0 spiro atoms. The van der Waals surface area contributed by atoms with E-state index in [0.29, 0.717) is 41.7 Å². The van der Waals surface area contributed by atoms with Crippen LogP contribution in [0.3, 0.4) is 0 Å². The summed E-state index contributed by atoms with van der Waals surface area (Å²) in [6.07, 6.45) is 3.73. The molecule has 206 valence electrons. The number of carbonyl (C=O) groups excluding carboxylic acids is 1. The monoisotopic (exact) mass is 537 g/mol. The van der Waals surface area contributed by atoms with Crippen molar-refractivity contribution in [3.63, 3.8) is 0 Å². The number of amides is 1. The van der Waals surface area contributed by atoms with E-state index in [9.17, 15) is 9.90 Å². The Morgan fingerprint density at radius 1 is 1.05 bits per heavy atom. The van der Waals surface area contributed by atoms with Gasteiger partial charge < -0.3 is 19.4 Å². The summed E-state index contributed by atoms with van der Waals surface area (Å²) in [6, 6.07) is 19.8. The van der Waals surface area contributed by atoms with Gasteiger partial charge >= 0.3 is 0 Å². The van der Waals surface area contributed by atoms with Crippen molar-refractivity contribution < 1.29 is 14.4 Å². The molecule has 2 unspecified atom stereocenters. The molecule has 0 saturated carbocycles. The van der Waals surface area contributed by atoms with Crippen molar-refractivity contribution in [3.05, 3.63) is 95.6 Å². The Bertz CT molecular complexity index is 1510. The largest absolute Gasteiger partial charge is 0.380 e. The van der Waals surface area contributed by atoms with Crippen LogP contribution in [-0.4, -0.2) is 57.7 Å². The SMILES string of the molecule is CC(C)c1ccc(C(O)(c2cncc(-c3noc(C4CC(=O)N(c5ccccc5)C4)n3)c2)C2(C)CN(C)C2)cc1. The molecule has 8 nitrogen and oxygen atoms in total. The van der Waals surface area contributed by atoms with Crippen LogP contribution < -0.4 is 4.90 Å². The van der Waals surface area contributed by atoms with Crippen molar-refractivity contribution in [1.29, 1.82) is 0 Å². The van der Waals surface area contributed by atoms with Gasteiger partial charge in [-0.3, -0.25) is 9.78 Å². The molecule has 2 saturated heterocycles. The fourth-order valence-electron chi connectivity index (χ4n) is 6.36. The Hall–Kier alpha value is -3.88. The third kappa shape index (κ3) is 4.41. The second kappa shape index (κ2) is 9.94. The number of anilines is 1. The molecule has 0 bridgehead atoms. The number of nitrogens with zero attached hydrogens (tertiary/aromatic N) is 5. The van der Waals surface area contributed by atoms with Crippen LogP contribution >= 0.6 is 0 Å². The van der Waals surface area contributed by atoms with Crippen LogP contribution in [0.2, 0.25) is 0 Å². The summed E-state index contributed by atoms with van der Waals surface area (Å²) >= 11 is 0. The highest BCUT2D eigenvalue weighted by Crippen LogP contribution is 2.50. The van der Waals surface area contributed by atoms with Crippen molar-refractivity contribution in [3.8, 4) is 11.4 Å². The maximum Gasteiger partial charge on any atom is 0.232 e. The first-order valence-corrected chi connectivity index (χ1v) is 13.8. The van der Waals surface area contributed by atoms with E-state index < -0.39 is 11.0 Å². The van der Waals surface area contributed by atoms with E-state index in [0.717, 1.165) is 24.3 Å². The van der Waals surface area contributed by atoms with Gasteiger partial charge in [-0.25, -0.2) is 0 Å². The summed E-state index contributed by atoms with van der Waals surface area (Å²) in [4.78, 5) is 25.9. The zero-order valence-corrected chi connectivity index (χ0v) is 23.4. The molecule has 40 heavy (non-hydrogen) atoms. The average Bonchev–Trinajstić information content (AvgIpc) is 3.59. The smallest absolute Gasteiger partial charge is 0.232 e. The van der Waals surface area contributed by atoms with Crippen molar-refractivity contribution >= 4 is 11.6 Å². The van der Waals surface area contributed by atoms with Crippen LogP contribution in [0.25, 0.3) is 11.4 Å². The molecule has 2 aromatic carbocycles. The highest BCUT2D eigenvalue weighted by atomic mass is 16.5. The van der Waals surface area contributed by atoms with E-state index in [4.69, 9.17) is 4.52 Å². The van der Waals surface area contributed by atoms with E-state index in [1.54, 1.807) is 17.3 Å². The zero-order chi connectivity index (χ0) is 28.1. The Kier molecular flexibility index (Phi) is 6.55. The number of para-hydroxylation sites is 1. The topological polar surface area (TPSA) is 95.6 Å². The van der Waals surface area contributed by atoms with Crippen molar-refractivity contribution in [2.45, 2.75) is 44.6 Å². The predicted molar refractivity (Wildman–Crippen MR) is 153 cm³/mol. The van der Waals surface area contributed by atoms with Gasteiger partial charge in [0.2, 0.25) is 17.6 Å². The quantitative estimate of drug-likeness (QED) is 0.356. The fourth-order valence-corrected chi connectivity index (χ4v) is 6.36. The number of likely N-dealkylation sites (tertiary alicyclic amines) is 1. The van der Waals surface area contributed by atoms with E-state index in [1.807, 2.05) is 48.5 Å². The first-order chi connectivity index (χ1) is 19.2. The lowest BCUT2D eigenvalue weighted by molar-refractivity contribution is -0.127. The molecule has 2 aliphatic rings. The molecule has 2 aromatic heterocycles. The second-order valence-electron chi connectivity index (χ2n) is 11.9. The average molecular weight is 538 g/mol. The van der Waals surface area contributed by atoms with Gasteiger partial charge in [0.1, 0.15) is 5.60 Å². The standard InChI is InChI=1S/C32H35N5O3/c1-21(2)22-10-12-25(13-11-22)32(39,31(3)19-36(4)20-31)26-14-23(16-33-17-26)29-34-30(40-35-29)24-15-28(38)37(18-24)27-8-6-5-7-9-27/h5-14,16-17,21,24,39H,15,18-20H2,1-4H3. The van der Waals surface area contributed by atoms with Crippen LogP contribution in [-0.2, 0) is 10.4 Å². The Labute approximate surface area is 234 Å². The normalized spacial score (nSPS) is 20.5. The highest BCUT2D eigenvalue weighted by Gasteiger charge is 2.55. The maximum atomic E-state index is 12.7. The molecule has 1 N–H and O–H groups in total. The summed E-state index contributed by atoms with van der Waals surface area (Å²) in [6.45, 7) is 8.44. The number of pyridine rings is 1.